The van der Waals surface area contributed by atoms with E-state index in [2.05, 4.69) is 15.4 Å². The molecule has 1 aliphatic heterocycles. The highest BCUT2D eigenvalue weighted by atomic mass is 32.2. The van der Waals surface area contributed by atoms with Gasteiger partial charge in [0.15, 0.2) is 5.65 Å². The first-order valence-electron chi connectivity index (χ1n) is 13.1. The summed E-state index contributed by atoms with van der Waals surface area (Å²) in [6, 6.07) is 10.8. The number of likely N-dealkylation sites (tertiary alicyclic amines) is 1. The standard InChI is InChI=1S/C28H28F2N6O4S/c1-3-41(39,40)34-27(37)21-16-32-36-25(21)31-15-22(26(36)33-24-14-17(2)4-9-23(24)30)28(38)35-12-10-19(11-13-35)18-5-7-20(29)8-6-18/h4-9,14-16,19,33H,3,10-13H2,1-2H3,(H,34,37). The molecule has 2 amide bonds. The molecule has 0 atom stereocenters. The predicted octanol–water partition coefficient (Wildman–Crippen LogP) is 4.16. The van der Waals surface area contributed by atoms with Crippen LogP contribution in [0.5, 0.6) is 0 Å². The number of nitrogens with one attached hydrogen (secondary N) is 2. The van der Waals surface area contributed by atoms with Crippen LogP contribution in [-0.4, -0.2) is 58.6 Å². The lowest BCUT2D eigenvalue weighted by Gasteiger charge is -2.32. The Morgan fingerprint density at radius 3 is 2.41 bits per heavy atom. The minimum atomic E-state index is -3.85. The van der Waals surface area contributed by atoms with Crippen molar-refractivity contribution in [3.63, 3.8) is 0 Å². The van der Waals surface area contributed by atoms with Crippen LogP contribution in [-0.2, 0) is 10.0 Å². The molecule has 214 valence electrons. The van der Waals surface area contributed by atoms with Crippen molar-refractivity contribution in [2.24, 2.45) is 0 Å². The van der Waals surface area contributed by atoms with Crippen LogP contribution in [0.4, 0.5) is 20.3 Å². The maximum atomic E-state index is 14.8. The third kappa shape index (κ3) is 5.89. The minimum Gasteiger partial charge on any atom is -0.338 e. The van der Waals surface area contributed by atoms with Gasteiger partial charge in [0.1, 0.15) is 28.6 Å². The number of rotatable bonds is 7. The number of sulfonamides is 1. The Labute approximate surface area is 235 Å². The van der Waals surface area contributed by atoms with Gasteiger partial charge < -0.3 is 10.2 Å². The second kappa shape index (κ2) is 11.2. The third-order valence-electron chi connectivity index (χ3n) is 7.13. The highest BCUT2D eigenvalue weighted by Gasteiger charge is 2.29. The van der Waals surface area contributed by atoms with E-state index in [4.69, 9.17) is 0 Å². The van der Waals surface area contributed by atoms with Crippen LogP contribution in [0.25, 0.3) is 5.65 Å². The quantitative estimate of drug-likeness (QED) is 0.335. The van der Waals surface area contributed by atoms with Crippen molar-refractivity contribution >= 4 is 39.0 Å². The van der Waals surface area contributed by atoms with E-state index in [0.29, 0.717) is 25.9 Å². The summed E-state index contributed by atoms with van der Waals surface area (Å²) < 4.78 is 55.2. The molecule has 13 heteroatoms. The fraction of sp³-hybridized carbons (Fsp3) is 0.286. The Morgan fingerprint density at radius 2 is 1.73 bits per heavy atom. The molecule has 1 aliphatic rings. The molecule has 0 radical (unpaired) electrons. The Morgan fingerprint density at radius 1 is 1.02 bits per heavy atom. The molecule has 41 heavy (non-hydrogen) atoms. The molecule has 3 heterocycles. The summed E-state index contributed by atoms with van der Waals surface area (Å²) in [6.45, 7) is 4.04. The molecule has 1 fully saturated rings. The topological polar surface area (TPSA) is 126 Å². The molecule has 0 aliphatic carbocycles. The van der Waals surface area contributed by atoms with Crippen molar-refractivity contribution in [3.05, 3.63) is 88.7 Å². The van der Waals surface area contributed by atoms with Gasteiger partial charge in [-0.25, -0.2) is 26.9 Å². The molecule has 0 unspecified atom stereocenters. The zero-order chi connectivity index (χ0) is 29.3. The fourth-order valence-corrected chi connectivity index (χ4v) is 5.36. The van der Waals surface area contributed by atoms with E-state index in [1.807, 2.05) is 4.72 Å². The predicted molar refractivity (Wildman–Crippen MR) is 149 cm³/mol. The summed E-state index contributed by atoms with van der Waals surface area (Å²) in [5.74, 6) is -2.24. The minimum absolute atomic E-state index is 0.0177. The number of amides is 2. The molecule has 5 rings (SSSR count). The number of halogens is 2. The van der Waals surface area contributed by atoms with Gasteiger partial charge in [-0.1, -0.05) is 18.2 Å². The van der Waals surface area contributed by atoms with Gasteiger partial charge in [-0.15, -0.1) is 0 Å². The summed E-state index contributed by atoms with van der Waals surface area (Å²) in [4.78, 5) is 32.4. The van der Waals surface area contributed by atoms with Crippen LogP contribution in [0.3, 0.4) is 0 Å². The monoisotopic (exact) mass is 582 g/mol. The molecular weight excluding hydrogens is 554 g/mol. The summed E-state index contributed by atoms with van der Waals surface area (Å²) in [5.41, 5.74) is 1.79. The molecule has 2 aromatic heterocycles. The second-order valence-corrected chi connectivity index (χ2v) is 11.9. The zero-order valence-corrected chi connectivity index (χ0v) is 23.2. The SMILES string of the molecule is CCS(=O)(=O)NC(=O)c1cnn2c(Nc3cc(C)ccc3F)c(C(=O)N3CCC(c4ccc(F)cc4)CC3)cnc12. The number of aromatic nitrogens is 3. The van der Waals surface area contributed by atoms with Gasteiger partial charge >= 0.3 is 0 Å². The number of hydrogen-bond donors (Lipinski definition) is 2. The third-order valence-corrected chi connectivity index (χ3v) is 8.38. The first kappa shape index (κ1) is 28.1. The Hall–Kier alpha value is -4.39. The number of nitrogens with zero attached hydrogens (tertiary/aromatic N) is 4. The van der Waals surface area contributed by atoms with Crippen molar-refractivity contribution in [1.29, 1.82) is 0 Å². The molecule has 2 aromatic carbocycles. The smallest absolute Gasteiger partial charge is 0.270 e. The maximum absolute atomic E-state index is 14.8. The molecule has 0 bridgehead atoms. The summed E-state index contributed by atoms with van der Waals surface area (Å²) in [6.07, 6.45) is 3.75. The van der Waals surface area contributed by atoms with Crippen molar-refractivity contribution in [1.82, 2.24) is 24.2 Å². The highest BCUT2D eigenvalue weighted by Crippen LogP contribution is 2.31. The molecule has 10 nitrogen and oxygen atoms in total. The normalized spacial score (nSPS) is 14.3. The van der Waals surface area contributed by atoms with Gasteiger partial charge in [0.25, 0.3) is 11.8 Å². The number of benzene rings is 2. The van der Waals surface area contributed by atoms with E-state index in [1.165, 1.54) is 35.8 Å². The number of fused-ring (bicyclic) bond motifs is 1. The van der Waals surface area contributed by atoms with Crippen LogP contribution in [0.2, 0.25) is 0 Å². The molecular formula is C28H28F2N6O4S. The van der Waals surface area contributed by atoms with Gasteiger partial charge in [-0.05, 0) is 68.0 Å². The molecule has 4 aromatic rings. The average molecular weight is 583 g/mol. The Bertz CT molecular complexity index is 1730. The zero-order valence-electron chi connectivity index (χ0n) is 22.4. The number of aryl methyl sites for hydroxylation is 1. The van der Waals surface area contributed by atoms with Gasteiger partial charge in [0, 0.05) is 19.3 Å². The van der Waals surface area contributed by atoms with Gasteiger partial charge in [-0.3, -0.25) is 9.59 Å². The first-order chi connectivity index (χ1) is 19.6. The second-order valence-electron chi connectivity index (χ2n) is 9.88. The first-order valence-corrected chi connectivity index (χ1v) is 14.7. The van der Waals surface area contributed by atoms with Crippen LogP contribution >= 0.6 is 0 Å². The molecule has 0 spiro atoms. The van der Waals surface area contributed by atoms with E-state index >= 15 is 0 Å². The van der Waals surface area contributed by atoms with Crippen molar-refractivity contribution in [2.45, 2.75) is 32.6 Å². The molecule has 0 saturated carbocycles. The lowest BCUT2D eigenvalue weighted by Crippen LogP contribution is -2.38. The van der Waals surface area contributed by atoms with Crippen LogP contribution in [0.15, 0.2) is 54.9 Å². The van der Waals surface area contributed by atoms with Crippen LogP contribution < -0.4 is 10.0 Å². The summed E-state index contributed by atoms with van der Waals surface area (Å²) in [7, 11) is -3.85. The average Bonchev–Trinajstić information content (AvgIpc) is 3.40. The van der Waals surface area contributed by atoms with Gasteiger partial charge in [0.05, 0.1) is 17.6 Å². The number of anilines is 2. The Kier molecular flexibility index (Phi) is 7.72. The van der Waals surface area contributed by atoms with Gasteiger partial charge in [0.2, 0.25) is 10.0 Å². The van der Waals surface area contributed by atoms with Crippen LogP contribution in [0, 0.1) is 18.6 Å². The number of carbonyl (C=O) groups excluding carboxylic acids is 2. The fourth-order valence-electron chi connectivity index (χ4n) is 4.82. The lowest BCUT2D eigenvalue weighted by molar-refractivity contribution is 0.0713. The van der Waals surface area contributed by atoms with Gasteiger partial charge in [-0.2, -0.15) is 9.61 Å². The number of piperidine rings is 1. The van der Waals surface area contributed by atoms with E-state index in [0.717, 1.165) is 17.3 Å². The largest absolute Gasteiger partial charge is 0.338 e. The number of hydrogen-bond acceptors (Lipinski definition) is 7. The summed E-state index contributed by atoms with van der Waals surface area (Å²) >= 11 is 0. The molecule has 1 saturated heterocycles. The van der Waals surface area contributed by atoms with E-state index in [-0.39, 0.29) is 51.7 Å². The Balaban J connectivity index is 1.49. The van der Waals surface area contributed by atoms with E-state index in [1.54, 1.807) is 36.1 Å². The molecule has 2 N–H and O–H groups in total. The maximum Gasteiger partial charge on any atom is 0.270 e. The lowest BCUT2D eigenvalue weighted by atomic mass is 9.89. The highest BCUT2D eigenvalue weighted by molar-refractivity contribution is 7.90. The van der Waals surface area contributed by atoms with Crippen molar-refractivity contribution in [3.8, 4) is 0 Å². The summed E-state index contributed by atoms with van der Waals surface area (Å²) in [5, 5.41) is 7.15. The van der Waals surface area contributed by atoms with E-state index in [9.17, 15) is 26.8 Å². The van der Waals surface area contributed by atoms with Crippen molar-refractivity contribution in [2.75, 3.05) is 24.2 Å². The van der Waals surface area contributed by atoms with E-state index < -0.39 is 21.7 Å². The van der Waals surface area contributed by atoms with Crippen molar-refractivity contribution < 1.29 is 26.8 Å². The van der Waals surface area contributed by atoms with Crippen LogP contribution in [0.1, 0.15) is 57.5 Å². The number of carbonyl (C=O) groups is 2.